The molecule has 0 aliphatic rings. The molecule has 1 amide bonds. The van der Waals surface area contributed by atoms with Gasteiger partial charge in [0.2, 0.25) is 5.75 Å². The van der Waals surface area contributed by atoms with E-state index in [0.29, 0.717) is 0 Å². The highest BCUT2D eigenvalue weighted by Crippen LogP contribution is 2.30. The number of methoxy groups -OCH3 is 1. The number of nitrogens with one attached hydrogen (secondary N) is 1. The van der Waals surface area contributed by atoms with E-state index in [1.54, 1.807) is 13.8 Å². The zero-order chi connectivity index (χ0) is 16.2. The van der Waals surface area contributed by atoms with E-state index in [2.05, 4.69) is 5.32 Å². The van der Waals surface area contributed by atoms with Gasteiger partial charge >= 0.3 is 11.7 Å². The van der Waals surface area contributed by atoms with E-state index < -0.39 is 22.8 Å². The van der Waals surface area contributed by atoms with E-state index in [1.807, 2.05) is 0 Å². The Bertz CT molecular complexity index is 570. The molecule has 0 unspecified atom stereocenters. The highest BCUT2D eigenvalue weighted by Gasteiger charge is 2.27. The van der Waals surface area contributed by atoms with Crippen LogP contribution in [0.4, 0.5) is 5.69 Å². The number of carboxylic acids is 1. The molecule has 8 nitrogen and oxygen atoms in total. The number of hydrogen-bond acceptors (Lipinski definition) is 5. The molecule has 8 heteroatoms. The van der Waals surface area contributed by atoms with Gasteiger partial charge in [-0.05, 0) is 12.0 Å². The predicted molar refractivity (Wildman–Crippen MR) is 73.4 cm³/mol. The van der Waals surface area contributed by atoms with Gasteiger partial charge < -0.3 is 15.2 Å². The Morgan fingerprint density at radius 2 is 2.00 bits per heavy atom. The van der Waals surface area contributed by atoms with Crippen molar-refractivity contribution in [1.82, 2.24) is 5.32 Å². The number of aliphatic carboxylic acids is 1. The summed E-state index contributed by atoms with van der Waals surface area (Å²) < 4.78 is 4.91. The molecule has 0 radical (unpaired) electrons. The highest BCUT2D eigenvalue weighted by atomic mass is 16.6. The summed E-state index contributed by atoms with van der Waals surface area (Å²) in [6.07, 6.45) is 0. The summed E-state index contributed by atoms with van der Waals surface area (Å²) in [7, 11) is 1.20. The summed E-state index contributed by atoms with van der Waals surface area (Å²) in [5.74, 6) is -2.46. The fourth-order valence-electron chi connectivity index (χ4n) is 1.79. The first-order valence-corrected chi connectivity index (χ1v) is 6.14. The first-order valence-electron chi connectivity index (χ1n) is 6.14. The molecule has 0 aliphatic heterocycles. The minimum absolute atomic E-state index is 0.0846. The molecule has 21 heavy (non-hydrogen) atoms. The van der Waals surface area contributed by atoms with Crippen LogP contribution in [0.5, 0.6) is 5.75 Å². The van der Waals surface area contributed by atoms with E-state index in [0.717, 1.165) is 0 Å². The number of rotatable bonds is 6. The molecule has 1 aromatic carbocycles. The normalized spacial score (nSPS) is 11.8. The van der Waals surface area contributed by atoms with Crippen LogP contribution in [-0.2, 0) is 4.79 Å². The molecule has 0 aromatic heterocycles. The molecule has 0 spiro atoms. The SMILES string of the molecule is COc1c(C(=O)N[C@@H](C(=O)O)C(C)C)cccc1[N+](=O)[O-]. The lowest BCUT2D eigenvalue weighted by Gasteiger charge is -2.18. The van der Waals surface area contributed by atoms with Gasteiger partial charge in [-0.3, -0.25) is 14.9 Å². The van der Waals surface area contributed by atoms with Gasteiger partial charge in [-0.15, -0.1) is 0 Å². The van der Waals surface area contributed by atoms with Crippen molar-refractivity contribution in [3.63, 3.8) is 0 Å². The average molecular weight is 296 g/mol. The van der Waals surface area contributed by atoms with Crippen LogP contribution >= 0.6 is 0 Å². The average Bonchev–Trinajstić information content (AvgIpc) is 2.42. The number of nitro benzene ring substituents is 1. The molecule has 1 rings (SSSR count). The topological polar surface area (TPSA) is 119 Å². The van der Waals surface area contributed by atoms with Crippen LogP contribution in [-0.4, -0.2) is 35.1 Å². The zero-order valence-electron chi connectivity index (χ0n) is 11.8. The lowest BCUT2D eigenvalue weighted by Crippen LogP contribution is -2.44. The van der Waals surface area contributed by atoms with Crippen molar-refractivity contribution in [2.24, 2.45) is 5.92 Å². The van der Waals surface area contributed by atoms with Crippen LogP contribution in [0.15, 0.2) is 18.2 Å². The van der Waals surface area contributed by atoms with Crippen molar-refractivity contribution >= 4 is 17.6 Å². The predicted octanol–water partition coefficient (Wildman–Crippen LogP) is 1.44. The third kappa shape index (κ3) is 3.68. The Kier molecular flexibility index (Phi) is 5.23. The van der Waals surface area contributed by atoms with E-state index in [9.17, 15) is 19.7 Å². The Morgan fingerprint density at radius 3 is 2.43 bits per heavy atom. The third-order valence-electron chi connectivity index (χ3n) is 2.86. The van der Waals surface area contributed by atoms with Crippen LogP contribution in [0.2, 0.25) is 0 Å². The fourth-order valence-corrected chi connectivity index (χ4v) is 1.79. The second-order valence-corrected chi connectivity index (χ2v) is 4.65. The molecular weight excluding hydrogens is 280 g/mol. The van der Waals surface area contributed by atoms with Gasteiger partial charge in [-0.1, -0.05) is 19.9 Å². The lowest BCUT2D eigenvalue weighted by atomic mass is 10.0. The molecule has 0 saturated heterocycles. The molecule has 0 fully saturated rings. The first-order chi connectivity index (χ1) is 9.79. The number of para-hydroxylation sites is 1. The first kappa shape index (κ1) is 16.4. The molecule has 1 aromatic rings. The molecular formula is C13H16N2O6. The van der Waals surface area contributed by atoms with Crippen molar-refractivity contribution in [2.45, 2.75) is 19.9 Å². The smallest absolute Gasteiger partial charge is 0.326 e. The Hall–Kier alpha value is -2.64. The quantitative estimate of drug-likeness (QED) is 0.605. The largest absolute Gasteiger partial charge is 0.490 e. The molecule has 114 valence electrons. The van der Waals surface area contributed by atoms with Gasteiger partial charge in [0.1, 0.15) is 6.04 Å². The maximum Gasteiger partial charge on any atom is 0.326 e. The number of hydrogen-bond donors (Lipinski definition) is 2. The van der Waals surface area contributed by atoms with Crippen LogP contribution in [0, 0.1) is 16.0 Å². The summed E-state index contributed by atoms with van der Waals surface area (Å²) in [6, 6.07) is 2.77. The third-order valence-corrected chi connectivity index (χ3v) is 2.86. The summed E-state index contributed by atoms with van der Waals surface area (Å²) >= 11 is 0. The van der Waals surface area contributed by atoms with E-state index in [4.69, 9.17) is 9.84 Å². The fraction of sp³-hybridized carbons (Fsp3) is 0.385. The van der Waals surface area contributed by atoms with Gasteiger partial charge in [0.05, 0.1) is 17.6 Å². The molecule has 0 bridgehead atoms. The van der Waals surface area contributed by atoms with Gasteiger partial charge in [0.15, 0.2) is 0 Å². The van der Waals surface area contributed by atoms with E-state index in [-0.39, 0.29) is 22.9 Å². The molecule has 1 atom stereocenters. The zero-order valence-corrected chi connectivity index (χ0v) is 11.8. The Labute approximate surface area is 120 Å². The molecule has 2 N–H and O–H groups in total. The second kappa shape index (κ2) is 6.69. The summed E-state index contributed by atoms with van der Waals surface area (Å²) in [5, 5.41) is 22.3. The van der Waals surface area contributed by atoms with E-state index >= 15 is 0 Å². The molecule has 0 heterocycles. The highest BCUT2D eigenvalue weighted by molar-refractivity contribution is 6.00. The molecule has 0 aliphatic carbocycles. The van der Waals surface area contributed by atoms with Gasteiger partial charge in [0.25, 0.3) is 5.91 Å². The summed E-state index contributed by atoms with van der Waals surface area (Å²) in [4.78, 5) is 33.4. The van der Waals surface area contributed by atoms with Crippen molar-refractivity contribution < 1.29 is 24.4 Å². The number of carboxylic acid groups (broad SMARTS) is 1. The van der Waals surface area contributed by atoms with Gasteiger partial charge in [0, 0.05) is 6.07 Å². The number of benzene rings is 1. The van der Waals surface area contributed by atoms with Crippen LogP contribution in [0.3, 0.4) is 0 Å². The number of carbonyl (C=O) groups is 2. The van der Waals surface area contributed by atoms with Crippen molar-refractivity contribution in [1.29, 1.82) is 0 Å². The number of nitrogens with zero attached hydrogens (tertiary/aromatic N) is 1. The van der Waals surface area contributed by atoms with Gasteiger partial charge in [-0.25, -0.2) is 4.79 Å². The van der Waals surface area contributed by atoms with Crippen molar-refractivity contribution in [3.05, 3.63) is 33.9 Å². The second-order valence-electron chi connectivity index (χ2n) is 4.65. The van der Waals surface area contributed by atoms with Crippen molar-refractivity contribution in [3.8, 4) is 5.75 Å². The van der Waals surface area contributed by atoms with E-state index in [1.165, 1.54) is 25.3 Å². The van der Waals surface area contributed by atoms with Crippen LogP contribution in [0.1, 0.15) is 24.2 Å². The Balaban J connectivity index is 3.16. The maximum atomic E-state index is 12.1. The van der Waals surface area contributed by atoms with Crippen molar-refractivity contribution in [2.75, 3.05) is 7.11 Å². The van der Waals surface area contributed by atoms with Crippen LogP contribution in [0.25, 0.3) is 0 Å². The minimum atomic E-state index is -1.18. The summed E-state index contributed by atoms with van der Waals surface area (Å²) in [6.45, 7) is 3.29. The standard InChI is InChI=1S/C13H16N2O6/c1-7(2)10(13(17)18)14-12(16)8-5-4-6-9(15(19)20)11(8)21-3/h4-7,10H,1-3H3,(H,14,16)(H,17,18)/t10-/m1/s1. The molecule has 0 saturated carbocycles. The number of ether oxygens (including phenoxy) is 1. The summed E-state index contributed by atoms with van der Waals surface area (Å²) in [5.41, 5.74) is -0.444. The number of carbonyl (C=O) groups excluding carboxylic acids is 1. The Morgan fingerprint density at radius 1 is 1.38 bits per heavy atom. The lowest BCUT2D eigenvalue weighted by molar-refractivity contribution is -0.385. The van der Waals surface area contributed by atoms with Gasteiger partial charge in [-0.2, -0.15) is 0 Å². The number of nitro groups is 1. The monoisotopic (exact) mass is 296 g/mol. The number of amides is 1. The minimum Gasteiger partial charge on any atom is -0.490 e. The van der Waals surface area contributed by atoms with Crippen LogP contribution < -0.4 is 10.1 Å². The maximum absolute atomic E-state index is 12.1.